The van der Waals surface area contributed by atoms with Gasteiger partial charge in [0.15, 0.2) is 0 Å². The van der Waals surface area contributed by atoms with Gasteiger partial charge in [-0.3, -0.25) is 0 Å². The van der Waals surface area contributed by atoms with Gasteiger partial charge in [0.1, 0.15) is 6.07 Å². The van der Waals surface area contributed by atoms with Crippen molar-refractivity contribution in [3.8, 4) is 40.3 Å². The van der Waals surface area contributed by atoms with E-state index >= 15 is 0 Å². The molecule has 0 unspecified atom stereocenters. The molecule has 0 aliphatic carbocycles. The zero-order valence-electron chi connectivity index (χ0n) is 29.5. The molecule has 0 aliphatic heterocycles. The Morgan fingerprint density at radius 1 is 0.382 bits per heavy atom. The van der Waals surface area contributed by atoms with Crippen LogP contribution in [0.2, 0.25) is 0 Å². The standard InChI is InChI=1S/C50H29N5/c51-30-32-26-27-46-41(28-32)49-47(54-44-22-7-3-17-39(44)40-18-4-8-23-45(40)54)24-11-25-48(49)55(46)50-34(31-52)13-10-19-36(50)33-12-9-14-35(29-33)53-42-20-5-1-15-37(42)38-16-2-6-21-43(38)53/h1-29H. The Kier molecular flexibility index (Phi) is 6.61. The molecule has 0 radical (unpaired) electrons. The summed E-state index contributed by atoms with van der Waals surface area (Å²) in [4.78, 5) is 0. The summed E-state index contributed by atoms with van der Waals surface area (Å²) in [6.07, 6.45) is 0. The zero-order chi connectivity index (χ0) is 36.6. The molecule has 3 aromatic heterocycles. The number of fused-ring (bicyclic) bond motifs is 9. The maximum atomic E-state index is 10.8. The number of benzene rings is 8. The van der Waals surface area contributed by atoms with Crippen molar-refractivity contribution in [2.24, 2.45) is 0 Å². The molecule has 254 valence electrons. The van der Waals surface area contributed by atoms with E-state index in [9.17, 15) is 10.5 Å². The summed E-state index contributed by atoms with van der Waals surface area (Å²) in [7, 11) is 0. The highest BCUT2D eigenvalue weighted by molar-refractivity contribution is 6.17. The number of aromatic nitrogens is 3. The van der Waals surface area contributed by atoms with Crippen LogP contribution in [-0.2, 0) is 0 Å². The smallest absolute Gasteiger partial charge is 0.101 e. The van der Waals surface area contributed by atoms with Crippen molar-refractivity contribution in [2.45, 2.75) is 0 Å². The summed E-state index contributed by atoms with van der Waals surface area (Å²) in [6.45, 7) is 0. The first-order valence-corrected chi connectivity index (χ1v) is 18.3. The summed E-state index contributed by atoms with van der Waals surface area (Å²) >= 11 is 0. The van der Waals surface area contributed by atoms with Gasteiger partial charge >= 0.3 is 0 Å². The van der Waals surface area contributed by atoms with Gasteiger partial charge in [0.25, 0.3) is 0 Å². The Bertz CT molecular complexity index is 3360. The van der Waals surface area contributed by atoms with E-state index in [0.717, 1.165) is 72.1 Å². The van der Waals surface area contributed by atoms with E-state index in [1.165, 1.54) is 21.5 Å². The molecule has 5 nitrogen and oxygen atoms in total. The van der Waals surface area contributed by atoms with Gasteiger partial charge in [-0.15, -0.1) is 0 Å². The van der Waals surface area contributed by atoms with Gasteiger partial charge in [-0.1, -0.05) is 103 Å². The van der Waals surface area contributed by atoms with Crippen LogP contribution in [-0.4, -0.2) is 13.7 Å². The van der Waals surface area contributed by atoms with E-state index in [1.54, 1.807) is 0 Å². The quantitative estimate of drug-likeness (QED) is 0.184. The Labute approximate surface area is 316 Å². The molecule has 0 saturated carbocycles. The SMILES string of the molecule is N#Cc1ccc2c(c1)c1c(-n3c4ccccc4c4ccccc43)cccc1n2-c1c(C#N)cccc1-c1cccc(-n2c3ccccc3c3ccccc32)c1. The average molecular weight is 700 g/mol. The van der Waals surface area contributed by atoms with Crippen molar-refractivity contribution in [2.75, 3.05) is 0 Å². The van der Waals surface area contributed by atoms with Crippen LogP contribution in [0.4, 0.5) is 0 Å². The van der Waals surface area contributed by atoms with Crippen LogP contribution in [0.25, 0.3) is 93.6 Å². The van der Waals surface area contributed by atoms with Crippen LogP contribution in [0, 0.1) is 22.7 Å². The van der Waals surface area contributed by atoms with E-state index in [-0.39, 0.29) is 0 Å². The molecule has 55 heavy (non-hydrogen) atoms. The summed E-state index contributed by atoms with van der Waals surface area (Å²) in [5.41, 5.74) is 12.3. The van der Waals surface area contributed by atoms with Gasteiger partial charge in [0.2, 0.25) is 0 Å². The molecule has 11 aromatic rings. The van der Waals surface area contributed by atoms with Crippen LogP contribution in [0.5, 0.6) is 0 Å². The van der Waals surface area contributed by atoms with Crippen molar-refractivity contribution in [3.63, 3.8) is 0 Å². The first-order valence-electron chi connectivity index (χ1n) is 18.3. The molecule has 0 amide bonds. The fraction of sp³-hybridized carbons (Fsp3) is 0. The normalized spacial score (nSPS) is 11.6. The third-order valence-electron chi connectivity index (χ3n) is 11.1. The third-order valence-corrected chi connectivity index (χ3v) is 11.1. The first kappa shape index (κ1) is 30.7. The second-order valence-electron chi connectivity index (χ2n) is 14.0. The maximum absolute atomic E-state index is 10.8. The lowest BCUT2D eigenvalue weighted by atomic mass is 9.99. The third kappa shape index (κ3) is 4.39. The average Bonchev–Trinajstić information content (AvgIpc) is 3.89. The summed E-state index contributed by atoms with van der Waals surface area (Å²) < 4.78 is 6.89. The van der Waals surface area contributed by atoms with Gasteiger partial charge in [-0.05, 0) is 78.4 Å². The predicted molar refractivity (Wildman–Crippen MR) is 224 cm³/mol. The fourth-order valence-corrected chi connectivity index (χ4v) is 8.85. The number of hydrogen-bond acceptors (Lipinski definition) is 2. The maximum Gasteiger partial charge on any atom is 0.101 e. The van der Waals surface area contributed by atoms with E-state index in [4.69, 9.17) is 0 Å². The van der Waals surface area contributed by atoms with E-state index < -0.39 is 0 Å². The van der Waals surface area contributed by atoms with Crippen LogP contribution in [0.15, 0.2) is 176 Å². The van der Waals surface area contributed by atoms with Crippen molar-refractivity contribution < 1.29 is 0 Å². The summed E-state index contributed by atoms with van der Waals surface area (Å²) in [5.74, 6) is 0. The monoisotopic (exact) mass is 699 g/mol. The molecule has 0 N–H and O–H groups in total. The highest BCUT2D eigenvalue weighted by Gasteiger charge is 2.23. The van der Waals surface area contributed by atoms with Gasteiger partial charge in [0, 0.05) is 43.6 Å². The van der Waals surface area contributed by atoms with Crippen LogP contribution in [0.1, 0.15) is 11.1 Å². The minimum Gasteiger partial charge on any atom is -0.309 e. The number of nitriles is 2. The lowest BCUT2D eigenvalue weighted by Crippen LogP contribution is -2.02. The number of nitrogens with zero attached hydrogens (tertiary/aromatic N) is 5. The Morgan fingerprint density at radius 2 is 0.927 bits per heavy atom. The van der Waals surface area contributed by atoms with Crippen molar-refractivity contribution in [1.29, 1.82) is 10.5 Å². The Hall–Kier alpha value is -7.86. The molecule has 0 fully saturated rings. The van der Waals surface area contributed by atoms with Crippen LogP contribution < -0.4 is 0 Å². The molecule has 0 aliphatic rings. The molecule has 0 saturated heterocycles. The van der Waals surface area contributed by atoms with Gasteiger partial charge < -0.3 is 13.7 Å². The molecule has 0 spiro atoms. The zero-order valence-corrected chi connectivity index (χ0v) is 29.5. The number of para-hydroxylation sites is 5. The van der Waals surface area contributed by atoms with Crippen molar-refractivity contribution in [3.05, 3.63) is 187 Å². The summed E-state index contributed by atoms with van der Waals surface area (Å²) in [6, 6.07) is 65.9. The largest absolute Gasteiger partial charge is 0.309 e. The molecule has 0 bridgehead atoms. The Balaban J connectivity index is 1.22. The molecular weight excluding hydrogens is 671 g/mol. The fourth-order valence-electron chi connectivity index (χ4n) is 8.85. The minimum atomic E-state index is 0.560. The van der Waals surface area contributed by atoms with Crippen LogP contribution >= 0.6 is 0 Å². The topological polar surface area (TPSA) is 62.4 Å². The van der Waals surface area contributed by atoms with E-state index in [2.05, 4.69) is 171 Å². The number of rotatable bonds is 4. The van der Waals surface area contributed by atoms with E-state index in [0.29, 0.717) is 11.1 Å². The molecule has 8 aromatic carbocycles. The highest BCUT2D eigenvalue weighted by Crippen LogP contribution is 2.43. The predicted octanol–water partition coefficient (Wildman–Crippen LogP) is 12.4. The van der Waals surface area contributed by atoms with Gasteiger partial charge in [-0.2, -0.15) is 10.5 Å². The molecule has 0 atom stereocenters. The van der Waals surface area contributed by atoms with Crippen molar-refractivity contribution in [1.82, 2.24) is 13.7 Å². The summed E-state index contributed by atoms with van der Waals surface area (Å²) in [5, 5.41) is 27.6. The first-order chi connectivity index (χ1) is 27.2. The minimum absolute atomic E-state index is 0.560. The lowest BCUT2D eigenvalue weighted by molar-refractivity contribution is 1.16. The van der Waals surface area contributed by atoms with Gasteiger partial charge in [0.05, 0.1) is 61.7 Å². The van der Waals surface area contributed by atoms with Gasteiger partial charge in [-0.25, -0.2) is 0 Å². The lowest BCUT2D eigenvalue weighted by Gasteiger charge is -2.17. The van der Waals surface area contributed by atoms with E-state index in [1.807, 2.05) is 30.3 Å². The van der Waals surface area contributed by atoms with Crippen LogP contribution in [0.3, 0.4) is 0 Å². The van der Waals surface area contributed by atoms with Crippen molar-refractivity contribution >= 4 is 65.4 Å². The molecule has 11 rings (SSSR count). The Morgan fingerprint density at radius 3 is 1.55 bits per heavy atom. The number of hydrogen-bond donors (Lipinski definition) is 0. The molecule has 5 heteroatoms. The molecule has 3 heterocycles. The second-order valence-corrected chi connectivity index (χ2v) is 14.0. The second kappa shape index (κ2) is 11.8. The molecular formula is C50H29N5. The highest BCUT2D eigenvalue weighted by atomic mass is 15.0.